The summed E-state index contributed by atoms with van der Waals surface area (Å²) in [7, 11) is -3.52. The molecule has 1 heterocycles. The predicted molar refractivity (Wildman–Crippen MR) is 89.4 cm³/mol. The van der Waals surface area contributed by atoms with E-state index in [4.69, 9.17) is 5.26 Å². The molecule has 4 nitrogen and oxygen atoms in total. The second-order valence-corrected chi connectivity index (χ2v) is 9.92. The van der Waals surface area contributed by atoms with Crippen molar-refractivity contribution in [2.45, 2.75) is 36.9 Å². The lowest BCUT2D eigenvalue weighted by atomic mass is 9.79. The molecule has 9 heteroatoms. The van der Waals surface area contributed by atoms with Gasteiger partial charge in [0.2, 0.25) is 0 Å². The van der Waals surface area contributed by atoms with E-state index in [0.29, 0.717) is 12.8 Å². The molecule has 2 N–H and O–H groups in total. The molecule has 0 spiro atoms. The molecule has 142 valence electrons. The summed E-state index contributed by atoms with van der Waals surface area (Å²) in [6, 6.07) is 4.63. The first kappa shape index (κ1) is 17.9. The second-order valence-electron chi connectivity index (χ2n) is 7.56. The van der Waals surface area contributed by atoms with E-state index in [1.165, 1.54) is 16.4 Å². The average Bonchev–Trinajstić information content (AvgIpc) is 3.13. The number of hydrogen-bond acceptors (Lipinski definition) is 4. The van der Waals surface area contributed by atoms with Gasteiger partial charge in [-0.2, -0.15) is 18.4 Å². The third-order valence-corrected chi connectivity index (χ3v) is 9.30. The largest absolute Gasteiger partial charge is 0.417 e. The van der Waals surface area contributed by atoms with Gasteiger partial charge in [-0.1, -0.05) is 0 Å². The number of alkyl halides is 4. The normalized spacial score (nSPS) is 38.9. The molecule has 0 unspecified atom stereocenters. The van der Waals surface area contributed by atoms with E-state index in [0.717, 1.165) is 12.1 Å². The van der Waals surface area contributed by atoms with Gasteiger partial charge in [0.25, 0.3) is 0 Å². The van der Waals surface area contributed by atoms with Gasteiger partial charge in [-0.3, -0.25) is 13.4 Å². The minimum Gasteiger partial charge on any atom is -0.281 e. The van der Waals surface area contributed by atoms with Crippen LogP contribution in [0.5, 0.6) is 0 Å². The van der Waals surface area contributed by atoms with E-state index < -0.39 is 44.9 Å². The number of benzene rings is 1. The molecule has 2 aliphatic carbocycles. The van der Waals surface area contributed by atoms with Crippen molar-refractivity contribution in [2.75, 3.05) is 10.8 Å². The zero-order valence-corrected chi connectivity index (χ0v) is 14.7. The summed E-state index contributed by atoms with van der Waals surface area (Å²) in [6.07, 6.45) is -4.88. The Bertz CT molecular complexity index is 809. The van der Waals surface area contributed by atoms with E-state index in [-0.39, 0.29) is 24.1 Å². The van der Waals surface area contributed by atoms with Crippen molar-refractivity contribution in [2.24, 2.45) is 17.8 Å². The molecule has 0 radical (unpaired) electrons. The lowest BCUT2D eigenvalue weighted by Crippen LogP contribution is -2.45. The summed E-state index contributed by atoms with van der Waals surface area (Å²) < 4.78 is 76.1. The van der Waals surface area contributed by atoms with Crippen molar-refractivity contribution in [3.63, 3.8) is 0 Å². The summed E-state index contributed by atoms with van der Waals surface area (Å²) in [5.41, 5.74) is -1.63. The maximum Gasteiger partial charge on any atom is 0.417 e. The highest BCUT2D eigenvalue weighted by molar-refractivity contribution is 8.26. The molecular formula is C17H18F4N2O2S. The molecule has 0 amide bonds. The van der Waals surface area contributed by atoms with Crippen molar-refractivity contribution >= 4 is 16.5 Å². The monoisotopic (exact) mass is 390 g/mol. The molecule has 1 aromatic carbocycles. The van der Waals surface area contributed by atoms with Crippen LogP contribution >= 0.6 is 10.8 Å². The Morgan fingerprint density at radius 1 is 1.27 bits per heavy atom. The zero-order valence-electron chi connectivity index (χ0n) is 13.9. The lowest BCUT2D eigenvalue weighted by Gasteiger charge is -2.51. The molecule has 0 aromatic heterocycles. The van der Waals surface area contributed by atoms with Gasteiger partial charge >= 0.3 is 6.18 Å². The first-order chi connectivity index (χ1) is 12.0. The minimum atomic E-state index is -4.73. The quantitative estimate of drug-likeness (QED) is 0.675. The maximum absolute atomic E-state index is 14.3. The molecular weight excluding hydrogens is 372 g/mol. The summed E-state index contributed by atoms with van der Waals surface area (Å²) in [6.45, 7) is 1.83. The fourth-order valence-electron chi connectivity index (χ4n) is 5.22. The Labute approximate surface area is 149 Å². The van der Waals surface area contributed by atoms with E-state index in [9.17, 15) is 26.7 Å². The SMILES string of the molecule is C[C@]12[C@H](CN(c3ccc(C#N)c(C(F)(F)F)c3)S1(O)O)[C@@H]1C[C@@H](F)[C@H]2C1. The number of fused-ring (bicyclic) bond motifs is 5. The standard InChI is InChI=1S/C17H18F4N2O2S/c1-16-13-4-10(5-15(13)18)14(16)8-23(26(16,24)25)11-3-2-9(7-22)12(6-11)17(19,20)21/h2-3,6,10,13-15,24-25H,4-5,8H2,1H3/t10-,13+,14+,15+,16-/m0/s1. The van der Waals surface area contributed by atoms with Gasteiger partial charge < -0.3 is 0 Å². The molecule has 5 atom stereocenters. The van der Waals surface area contributed by atoms with Crippen molar-refractivity contribution in [3.8, 4) is 6.07 Å². The molecule has 26 heavy (non-hydrogen) atoms. The van der Waals surface area contributed by atoms with E-state index >= 15 is 0 Å². The Morgan fingerprint density at radius 2 is 1.96 bits per heavy atom. The zero-order chi connectivity index (χ0) is 19.1. The van der Waals surface area contributed by atoms with Crippen LogP contribution in [0.4, 0.5) is 23.2 Å². The van der Waals surface area contributed by atoms with Crippen LogP contribution in [0.25, 0.3) is 0 Å². The number of nitriles is 1. The highest BCUT2D eigenvalue weighted by atomic mass is 32.3. The van der Waals surface area contributed by atoms with Crippen LogP contribution in [0.15, 0.2) is 18.2 Å². The van der Waals surface area contributed by atoms with Gasteiger partial charge in [0.15, 0.2) is 0 Å². The van der Waals surface area contributed by atoms with Gasteiger partial charge in [0.1, 0.15) is 6.17 Å². The van der Waals surface area contributed by atoms with Crippen LogP contribution in [0, 0.1) is 29.1 Å². The van der Waals surface area contributed by atoms with E-state index in [2.05, 4.69) is 0 Å². The summed E-state index contributed by atoms with van der Waals surface area (Å²) in [4.78, 5) is 0. The number of rotatable bonds is 1. The fraction of sp³-hybridized carbons (Fsp3) is 0.588. The smallest absolute Gasteiger partial charge is 0.281 e. The number of anilines is 1. The van der Waals surface area contributed by atoms with E-state index in [1.807, 2.05) is 0 Å². The summed E-state index contributed by atoms with van der Waals surface area (Å²) in [5, 5.41) is 8.92. The molecule has 1 aliphatic heterocycles. The third-order valence-electron chi connectivity index (χ3n) is 6.54. The average molecular weight is 390 g/mol. The highest BCUT2D eigenvalue weighted by Gasteiger charge is 2.70. The van der Waals surface area contributed by atoms with Gasteiger partial charge in [0, 0.05) is 18.4 Å². The van der Waals surface area contributed by atoms with Gasteiger partial charge in [-0.15, -0.1) is 10.8 Å². The number of hydrogen-bond donors (Lipinski definition) is 2. The Morgan fingerprint density at radius 3 is 2.58 bits per heavy atom. The number of halogens is 4. The van der Waals surface area contributed by atoms with Gasteiger partial charge in [0.05, 0.1) is 27.6 Å². The first-order valence-electron chi connectivity index (χ1n) is 8.32. The molecule has 1 saturated heterocycles. The highest BCUT2D eigenvalue weighted by Crippen LogP contribution is 2.76. The van der Waals surface area contributed by atoms with Crippen LogP contribution in [0.2, 0.25) is 0 Å². The molecule has 1 aromatic rings. The van der Waals surface area contributed by atoms with Crippen molar-refractivity contribution < 1.29 is 26.7 Å². The van der Waals surface area contributed by atoms with Gasteiger partial charge in [-0.25, -0.2) is 4.39 Å². The molecule has 2 bridgehead atoms. The third kappa shape index (κ3) is 2.09. The van der Waals surface area contributed by atoms with Crippen LogP contribution in [-0.4, -0.2) is 26.6 Å². The number of nitrogens with zero attached hydrogens (tertiary/aromatic N) is 2. The fourth-order valence-corrected chi connectivity index (χ4v) is 7.79. The van der Waals surface area contributed by atoms with Crippen LogP contribution in [0.1, 0.15) is 30.9 Å². The summed E-state index contributed by atoms with van der Waals surface area (Å²) >= 11 is 0. The van der Waals surface area contributed by atoms with Crippen LogP contribution in [0.3, 0.4) is 0 Å². The molecule has 2 saturated carbocycles. The summed E-state index contributed by atoms with van der Waals surface area (Å²) in [5.74, 6) is -0.654. The van der Waals surface area contributed by atoms with Crippen molar-refractivity contribution in [1.29, 1.82) is 5.26 Å². The van der Waals surface area contributed by atoms with E-state index in [1.54, 1.807) is 6.92 Å². The minimum absolute atomic E-state index is 0.00163. The molecule has 3 aliphatic rings. The molecule has 4 rings (SSSR count). The second kappa shape index (κ2) is 5.27. The Hall–Kier alpha value is -1.50. The molecule has 3 fully saturated rings. The van der Waals surface area contributed by atoms with Crippen molar-refractivity contribution in [3.05, 3.63) is 29.3 Å². The Balaban J connectivity index is 1.78. The first-order valence-corrected chi connectivity index (χ1v) is 9.83. The van der Waals surface area contributed by atoms with Crippen LogP contribution < -0.4 is 4.31 Å². The van der Waals surface area contributed by atoms with Gasteiger partial charge in [-0.05, 0) is 43.9 Å². The predicted octanol–water partition coefficient (Wildman–Crippen LogP) is 4.82. The van der Waals surface area contributed by atoms with Crippen LogP contribution in [-0.2, 0) is 6.18 Å². The Kier molecular flexibility index (Phi) is 3.63. The topological polar surface area (TPSA) is 67.5 Å². The van der Waals surface area contributed by atoms with Crippen molar-refractivity contribution in [1.82, 2.24) is 0 Å². The maximum atomic E-state index is 14.3. The lowest BCUT2D eigenvalue weighted by molar-refractivity contribution is -0.137.